The minimum absolute atomic E-state index is 0.0451. The van der Waals surface area contributed by atoms with E-state index in [2.05, 4.69) is 14.7 Å². The van der Waals surface area contributed by atoms with Gasteiger partial charge in [-0.1, -0.05) is 5.16 Å². The Kier molecular flexibility index (Phi) is 1.60. The van der Waals surface area contributed by atoms with E-state index in [1.54, 1.807) is 0 Å². The van der Waals surface area contributed by atoms with E-state index in [-0.39, 0.29) is 6.42 Å². The van der Waals surface area contributed by atoms with Crippen LogP contribution in [0.4, 0.5) is 13.2 Å². The summed E-state index contributed by atoms with van der Waals surface area (Å²) in [6.07, 6.45) is -3.60. The maximum absolute atomic E-state index is 11.4. The second-order valence-corrected chi connectivity index (χ2v) is 1.48. The van der Waals surface area contributed by atoms with Crippen LogP contribution in [0.1, 0.15) is 5.82 Å². The Morgan fingerprint density at radius 3 is 2.60 bits per heavy atom. The lowest BCUT2D eigenvalue weighted by Crippen LogP contribution is -2.09. The van der Waals surface area contributed by atoms with Gasteiger partial charge in [0.25, 0.3) is 0 Å². The minimum Gasteiger partial charge on any atom is -0.343 e. The molecule has 1 aromatic rings. The molecule has 0 aliphatic rings. The number of halogens is 3. The normalized spacial score (nSPS) is 11.9. The first-order chi connectivity index (χ1) is 4.58. The van der Waals surface area contributed by atoms with Crippen molar-refractivity contribution in [1.82, 2.24) is 10.1 Å². The van der Waals surface area contributed by atoms with Gasteiger partial charge in [-0.15, -0.1) is 0 Å². The average molecular weight is 151 g/mol. The number of nitrogens with zero attached hydrogens (tertiary/aromatic N) is 2. The van der Waals surface area contributed by atoms with Crippen LogP contribution in [0.25, 0.3) is 0 Å². The molecular weight excluding hydrogens is 149 g/mol. The molecule has 0 fully saturated rings. The predicted molar refractivity (Wildman–Crippen MR) is 23.8 cm³/mol. The van der Waals surface area contributed by atoms with Crippen LogP contribution in [-0.2, 0) is 0 Å². The molecule has 1 radical (unpaired) electrons. The molecule has 0 unspecified atom stereocenters. The number of aromatic nitrogens is 2. The quantitative estimate of drug-likeness (QED) is 0.604. The molecule has 1 aromatic heterocycles. The van der Waals surface area contributed by atoms with E-state index in [0.717, 1.165) is 6.39 Å². The predicted octanol–water partition coefficient (Wildman–Crippen LogP) is 1.18. The summed E-state index contributed by atoms with van der Waals surface area (Å²) in [6, 6.07) is 0. The Morgan fingerprint density at radius 1 is 1.50 bits per heavy atom. The molecule has 0 aliphatic carbocycles. The lowest BCUT2D eigenvalue weighted by atomic mass is 10.4. The van der Waals surface area contributed by atoms with Crippen molar-refractivity contribution in [2.45, 2.75) is 6.18 Å². The van der Waals surface area contributed by atoms with Crippen LogP contribution in [0.5, 0.6) is 0 Å². The summed E-state index contributed by atoms with van der Waals surface area (Å²) in [7, 11) is 0. The first kappa shape index (κ1) is 7.04. The second kappa shape index (κ2) is 2.28. The van der Waals surface area contributed by atoms with Gasteiger partial charge in [0.15, 0.2) is 5.82 Å². The summed E-state index contributed by atoms with van der Waals surface area (Å²) in [5.41, 5.74) is 0. The molecular formula is C4H2F3N2O. The number of rotatable bonds is 1. The van der Waals surface area contributed by atoms with Crippen LogP contribution in [0.3, 0.4) is 0 Å². The first-order valence-corrected chi connectivity index (χ1v) is 2.27. The van der Waals surface area contributed by atoms with E-state index < -0.39 is 12.0 Å². The van der Waals surface area contributed by atoms with Crippen molar-refractivity contribution in [1.29, 1.82) is 0 Å². The van der Waals surface area contributed by atoms with E-state index in [1.165, 1.54) is 0 Å². The minimum atomic E-state index is -4.39. The molecule has 0 amide bonds. The van der Waals surface area contributed by atoms with Crippen molar-refractivity contribution < 1.29 is 17.7 Å². The molecule has 0 bridgehead atoms. The monoisotopic (exact) mass is 151 g/mol. The smallest absolute Gasteiger partial charge is 0.343 e. The largest absolute Gasteiger partial charge is 0.400 e. The summed E-state index contributed by atoms with van der Waals surface area (Å²) in [5, 5.41) is 2.94. The maximum atomic E-state index is 11.4. The molecule has 55 valence electrons. The lowest BCUT2D eigenvalue weighted by molar-refractivity contribution is -0.0937. The van der Waals surface area contributed by atoms with Crippen LogP contribution < -0.4 is 0 Å². The van der Waals surface area contributed by atoms with E-state index in [9.17, 15) is 13.2 Å². The summed E-state index contributed by atoms with van der Waals surface area (Å²) < 4.78 is 38.4. The molecule has 10 heavy (non-hydrogen) atoms. The molecule has 0 aliphatic heterocycles. The number of alkyl halides is 3. The summed E-state index contributed by atoms with van der Waals surface area (Å²) in [5.74, 6) is -0.465. The van der Waals surface area contributed by atoms with Gasteiger partial charge in [-0.3, -0.25) is 0 Å². The second-order valence-electron chi connectivity index (χ2n) is 1.48. The highest BCUT2D eigenvalue weighted by atomic mass is 19.4. The third-order valence-corrected chi connectivity index (χ3v) is 0.671. The topological polar surface area (TPSA) is 38.9 Å². The van der Waals surface area contributed by atoms with E-state index in [0.29, 0.717) is 0 Å². The van der Waals surface area contributed by atoms with E-state index >= 15 is 0 Å². The molecule has 1 rings (SSSR count). The zero-order chi connectivity index (χ0) is 7.61. The fraction of sp³-hybridized carbons (Fsp3) is 0.250. The van der Waals surface area contributed by atoms with Gasteiger partial charge in [0, 0.05) is 0 Å². The van der Waals surface area contributed by atoms with Gasteiger partial charge in [-0.2, -0.15) is 18.2 Å². The van der Waals surface area contributed by atoms with E-state index in [4.69, 9.17) is 0 Å². The van der Waals surface area contributed by atoms with Gasteiger partial charge >= 0.3 is 6.18 Å². The fourth-order valence-corrected chi connectivity index (χ4v) is 0.389. The Bertz CT molecular complexity index is 193. The van der Waals surface area contributed by atoms with Crippen LogP contribution in [0, 0.1) is 6.42 Å². The fourth-order valence-electron chi connectivity index (χ4n) is 0.389. The molecule has 0 atom stereocenters. The summed E-state index contributed by atoms with van der Waals surface area (Å²) >= 11 is 0. The van der Waals surface area contributed by atoms with Gasteiger partial charge < -0.3 is 4.52 Å². The van der Waals surface area contributed by atoms with Crippen molar-refractivity contribution in [3.8, 4) is 0 Å². The van der Waals surface area contributed by atoms with Crippen molar-refractivity contribution in [2.75, 3.05) is 0 Å². The van der Waals surface area contributed by atoms with Crippen LogP contribution >= 0.6 is 0 Å². The van der Waals surface area contributed by atoms with Crippen LogP contribution in [0.15, 0.2) is 10.9 Å². The van der Waals surface area contributed by atoms with Crippen molar-refractivity contribution in [3.05, 3.63) is 18.6 Å². The highest BCUT2D eigenvalue weighted by molar-refractivity contribution is 5.00. The molecule has 0 aromatic carbocycles. The standard InChI is InChI=1S/C4H2F3N2O/c5-4(6,7)1-3-8-2-10-9-3/h1-2H. The van der Waals surface area contributed by atoms with Gasteiger partial charge in [-0.25, -0.2) is 0 Å². The van der Waals surface area contributed by atoms with Crippen LogP contribution in [0.2, 0.25) is 0 Å². The molecule has 0 saturated heterocycles. The Labute approximate surface area is 53.8 Å². The molecule has 0 spiro atoms. The third kappa shape index (κ3) is 2.04. The Morgan fingerprint density at radius 2 is 2.20 bits per heavy atom. The SMILES string of the molecule is FC(F)(F)[CH]c1ncon1. The summed E-state index contributed by atoms with van der Waals surface area (Å²) in [6.45, 7) is 0. The third-order valence-electron chi connectivity index (χ3n) is 0.671. The highest BCUT2D eigenvalue weighted by Gasteiger charge is 2.30. The lowest BCUT2D eigenvalue weighted by Gasteiger charge is -1.98. The van der Waals surface area contributed by atoms with Crippen molar-refractivity contribution in [2.24, 2.45) is 0 Å². The molecule has 1 heterocycles. The number of hydrogen-bond acceptors (Lipinski definition) is 3. The van der Waals surface area contributed by atoms with Crippen molar-refractivity contribution in [3.63, 3.8) is 0 Å². The van der Waals surface area contributed by atoms with Gasteiger partial charge in [-0.05, 0) is 0 Å². The van der Waals surface area contributed by atoms with Gasteiger partial charge in [0.05, 0.1) is 0 Å². The zero-order valence-corrected chi connectivity index (χ0v) is 4.59. The molecule has 0 N–H and O–H groups in total. The maximum Gasteiger partial charge on any atom is 0.400 e. The zero-order valence-electron chi connectivity index (χ0n) is 4.59. The Hall–Kier alpha value is -1.07. The average Bonchev–Trinajstić information content (AvgIpc) is 2.12. The summed E-state index contributed by atoms with van der Waals surface area (Å²) in [4.78, 5) is 3.15. The number of hydrogen-bond donors (Lipinski definition) is 0. The van der Waals surface area contributed by atoms with Gasteiger partial charge in [0.1, 0.15) is 6.42 Å². The first-order valence-electron chi connectivity index (χ1n) is 2.27. The molecule has 0 saturated carbocycles. The van der Waals surface area contributed by atoms with Crippen molar-refractivity contribution >= 4 is 0 Å². The molecule has 6 heteroatoms. The highest BCUT2D eigenvalue weighted by Crippen LogP contribution is 2.20. The molecule has 3 nitrogen and oxygen atoms in total. The van der Waals surface area contributed by atoms with Crippen LogP contribution in [-0.4, -0.2) is 16.3 Å². The van der Waals surface area contributed by atoms with Gasteiger partial charge in [0.2, 0.25) is 6.39 Å². The van der Waals surface area contributed by atoms with E-state index in [1.807, 2.05) is 0 Å². The Balaban J connectivity index is 2.57.